The first-order chi connectivity index (χ1) is 13.9. The lowest BCUT2D eigenvalue weighted by Gasteiger charge is -2.33. The van der Waals surface area contributed by atoms with Crippen LogP contribution >= 0.6 is 0 Å². The first-order valence-electron chi connectivity index (χ1n) is 10.2. The fourth-order valence-electron chi connectivity index (χ4n) is 4.58. The summed E-state index contributed by atoms with van der Waals surface area (Å²) in [5.41, 5.74) is 1.40. The molecule has 0 bridgehead atoms. The Morgan fingerprint density at radius 2 is 1.90 bits per heavy atom. The maximum Gasteiger partial charge on any atom is 0.231 e. The van der Waals surface area contributed by atoms with Crippen molar-refractivity contribution < 1.29 is 18.7 Å². The van der Waals surface area contributed by atoms with Crippen molar-refractivity contribution in [2.45, 2.75) is 51.0 Å². The van der Waals surface area contributed by atoms with Crippen molar-refractivity contribution in [2.24, 2.45) is 5.92 Å². The summed E-state index contributed by atoms with van der Waals surface area (Å²) < 4.78 is 28.6. The molecule has 29 heavy (non-hydrogen) atoms. The number of carbonyl (C=O) groups is 1. The molecule has 2 aromatic rings. The minimum absolute atomic E-state index is 0.0517. The van der Waals surface area contributed by atoms with Crippen molar-refractivity contribution in [3.8, 4) is 11.3 Å². The van der Waals surface area contributed by atoms with Crippen LogP contribution < -0.4 is 0 Å². The number of amides is 1. The summed E-state index contributed by atoms with van der Waals surface area (Å²) in [6.07, 6.45) is 1.55. The highest BCUT2D eigenvalue weighted by Gasteiger charge is 2.38. The van der Waals surface area contributed by atoms with E-state index in [0.29, 0.717) is 37.5 Å². The second-order valence-corrected chi connectivity index (χ2v) is 8.37. The average Bonchev–Trinajstić information content (AvgIpc) is 3.12. The van der Waals surface area contributed by atoms with E-state index in [1.807, 2.05) is 0 Å². The number of aliphatic hydroxyl groups is 1. The van der Waals surface area contributed by atoms with Gasteiger partial charge >= 0.3 is 0 Å². The second-order valence-electron chi connectivity index (χ2n) is 8.37. The molecule has 2 heterocycles. The first kappa shape index (κ1) is 19.9. The number of likely N-dealkylation sites (tertiary alicyclic amines) is 1. The van der Waals surface area contributed by atoms with Gasteiger partial charge in [0, 0.05) is 13.1 Å². The number of hydrogen-bond donors (Lipinski definition) is 1. The van der Waals surface area contributed by atoms with Gasteiger partial charge in [0.15, 0.2) is 0 Å². The van der Waals surface area contributed by atoms with Gasteiger partial charge < -0.3 is 10.0 Å². The first-order valence-corrected chi connectivity index (χ1v) is 10.2. The Hall–Kier alpha value is -2.41. The van der Waals surface area contributed by atoms with E-state index in [-0.39, 0.29) is 23.1 Å². The summed E-state index contributed by atoms with van der Waals surface area (Å²) in [5.74, 6) is -1.42. The summed E-state index contributed by atoms with van der Waals surface area (Å²) in [5, 5.41) is 18.2. The van der Waals surface area contributed by atoms with Crippen LogP contribution in [0.2, 0.25) is 0 Å². The van der Waals surface area contributed by atoms with Crippen LogP contribution in [-0.4, -0.2) is 45.3 Å². The van der Waals surface area contributed by atoms with Crippen LogP contribution in [0.4, 0.5) is 8.78 Å². The minimum atomic E-state index is -0.685. The van der Waals surface area contributed by atoms with E-state index in [9.17, 15) is 18.7 Å². The van der Waals surface area contributed by atoms with E-state index >= 15 is 0 Å². The predicted octanol–water partition coefficient (Wildman–Crippen LogP) is 3.63. The van der Waals surface area contributed by atoms with Crippen molar-refractivity contribution in [3.05, 3.63) is 47.2 Å². The zero-order chi connectivity index (χ0) is 20.7. The molecule has 0 radical (unpaired) electrons. The van der Waals surface area contributed by atoms with Crippen LogP contribution in [0, 0.1) is 17.6 Å². The Kier molecular flexibility index (Phi) is 5.34. The maximum atomic E-state index is 14.3. The number of halogens is 2. The molecule has 1 fully saturated rings. The Bertz CT molecular complexity index is 914. The van der Waals surface area contributed by atoms with Gasteiger partial charge in [-0.05, 0) is 54.9 Å². The van der Waals surface area contributed by atoms with Gasteiger partial charge in [-0.2, -0.15) is 5.10 Å². The lowest BCUT2D eigenvalue weighted by atomic mass is 9.74. The number of benzene rings is 1. The van der Waals surface area contributed by atoms with Gasteiger partial charge in [-0.25, -0.2) is 8.78 Å². The fraction of sp³-hybridized carbons (Fsp3) is 0.500. The molecule has 1 saturated heterocycles. The van der Waals surface area contributed by atoms with Crippen molar-refractivity contribution in [1.82, 2.24) is 15.1 Å². The third-order valence-corrected chi connectivity index (χ3v) is 6.15. The Morgan fingerprint density at radius 1 is 1.17 bits per heavy atom. The molecule has 1 aliphatic heterocycles. The summed E-state index contributed by atoms with van der Waals surface area (Å²) in [6.45, 7) is 5.06. The summed E-state index contributed by atoms with van der Waals surface area (Å²) in [4.78, 5) is 14.8. The van der Waals surface area contributed by atoms with E-state index in [0.717, 1.165) is 12.0 Å². The number of β-amino-alcohol motifs (C(OH)–C–C–N with tert-alkyl or cyclic N) is 1. The summed E-state index contributed by atoms with van der Waals surface area (Å²) >= 11 is 0. The Balaban J connectivity index is 1.76. The summed E-state index contributed by atoms with van der Waals surface area (Å²) in [7, 11) is 0. The van der Waals surface area contributed by atoms with E-state index < -0.39 is 23.7 Å². The van der Waals surface area contributed by atoms with Crippen LogP contribution in [-0.2, 0) is 4.79 Å². The SMILES string of the molecule is CC(C)[C@@H]1CCC(C(=O)N2CC[C@@H](O)C2)c2nnc(-c3c(F)cccc3F)cc21. The second kappa shape index (κ2) is 7.78. The van der Waals surface area contributed by atoms with Crippen molar-refractivity contribution in [2.75, 3.05) is 13.1 Å². The zero-order valence-electron chi connectivity index (χ0n) is 16.6. The minimum Gasteiger partial charge on any atom is -0.391 e. The van der Waals surface area contributed by atoms with Gasteiger partial charge in [-0.1, -0.05) is 19.9 Å². The summed E-state index contributed by atoms with van der Waals surface area (Å²) in [6, 6.07) is 5.41. The van der Waals surface area contributed by atoms with Crippen LogP contribution in [0.3, 0.4) is 0 Å². The normalized spacial score (nSPS) is 24.1. The van der Waals surface area contributed by atoms with Gasteiger partial charge in [0.2, 0.25) is 5.91 Å². The van der Waals surface area contributed by atoms with E-state index in [2.05, 4.69) is 24.0 Å². The van der Waals surface area contributed by atoms with Gasteiger partial charge in [0.1, 0.15) is 11.6 Å². The van der Waals surface area contributed by atoms with E-state index in [1.165, 1.54) is 18.2 Å². The molecule has 2 aliphatic rings. The number of aromatic nitrogens is 2. The molecule has 1 aromatic carbocycles. The largest absolute Gasteiger partial charge is 0.391 e. The average molecular weight is 401 g/mol. The van der Waals surface area contributed by atoms with E-state index in [1.54, 1.807) is 11.0 Å². The van der Waals surface area contributed by atoms with Gasteiger partial charge in [-0.3, -0.25) is 4.79 Å². The molecular formula is C22H25F2N3O2. The molecule has 1 N–H and O–H groups in total. The Morgan fingerprint density at radius 3 is 2.52 bits per heavy atom. The fourth-order valence-corrected chi connectivity index (χ4v) is 4.58. The topological polar surface area (TPSA) is 66.3 Å². The molecule has 1 unspecified atom stereocenters. The lowest BCUT2D eigenvalue weighted by Crippen LogP contribution is -2.36. The quantitative estimate of drug-likeness (QED) is 0.853. The third kappa shape index (κ3) is 3.64. The van der Waals surface area contributed by atoms with Crippen molar-refractivity contribution in [3.63, 3.8) is 0 Å². The number of fused-ring (bicyclic) bond motifs is 1. The molecular weight excluding hydrogens is 376 g/mol. The number of aliphatic hydroxyl groups excluding tert-OH is 1. The number of nitrogens with zero attached hydrogens (tertiary/aromatic N) is 3. The van der Waals surface area contributed by atoms with Crippen molar-refractivity contribution in [1.29, 1.82) is 0 Å². The van der Waals surface area contributed by atoms with Crippen LogP contribution in [0.25, 0.3) is 11.3 Å². The van der Waals surface area contributed by atoms with Crippen LogP contribution in [0.5, 0.6) is 0 Å². The van der Waals surface area contributed by atoms with Crippen LogP contribution in [0.15, 0.2) is 24.3 Å². The zero-order valence-corrected chi connectivity index (χ0v) is 16.6. The highest BCUT2D eigenvalue weighted by Crippen LogP contribution is 2.43. The molecule has 5 nitrogen and oxygen atoms in total. The molecule has 7 heteroatoms. The van der Waals surface area contributed by atoms with E-state index in [4.69, 9.17) is 0 Å². The monoisotopic (exact) mass is 401 g/mol. The van der Waals surface area contributed by atoms with Gasteiger partial charge in [0.05, 0.1) is 29.0 Å². The van der Waals surface area contributed by atoms with Gasteiger partial charge in [-0.15, -0.1) is 5.10 Å². The molecule has 0 spiro atoms. The molecule has 1 amide bonds. The van der Waals surface area contributed by atoms with Crippen LogP contribution in [0.1, 0.15) is 56.2 Å². The van der Waals surface area contributed by atoms with Gasteiger partial charge in [0.25, 0.3) is 0 Å². The molecule has 1 aliphatic carbocycles. The third-order valence-electron chi connectivity index (χ3n) is 6.15. The molecule has 0 saturated carbocycles. The lowest BCUT2D eigenvalue weighted by molar-refractivity contribution is -0.132. The number of carbonyl (C=O) groups excluding carboxylic acids is 1. The highest BCUT2D eigenvalue weighted by molar-refractivity contribution is 5.84. The smallest absolute Gasteiger partial charge is 0.231 e. The molecule has 154 valence electrons. The van der Waals surface area contributed by atoms with Crippen molar-refractivity contribution >= 4 is 5.91 Å². The standard InChI is InChI=1S/C22H25F2N3O2/c1-12(2)14-6-7-15(22(29)27-9-8-13(28)11-27)21-16(14)10-19(25-26-21)20-17(23)4-3-5-18(20)24/h3-5,10,12-15,28H,6-9,11H2,1-2H3/t13-,14+,15?/m1/s1. The number of rotatable bonds is 3. The maximum absolute atomic E-state index is 14.3. The molecule has 4 rings (SSSR count). The number of hydrogen-bond acceptors (Lipinski definition) is 4. The Labute approximate surface area is 168 Å². The predicted molar refractivity (Wildman–Crippen MR) is 104 cm³/mol. The highest BCUT2D eigenvalue weighted by atomic mass is 19.1. The molecule has 3 atom stereocenters. The molecule has 1 aromatic heterocycles.